The number of hydrogen-bond acceptors (Lipinski definition) is 5. The molecule has 0 aromatic carbocycles. The number of carbonyl (C=O) groups is 1. The summed E-state index contributed by atoms with van der Waals surface area (Å²) < 4.78 is 0. The second-order valence-corrected chi connectivity index (χ2v) is 3.46. The van der Waals surface area contributed by atoms with Crippen molar-refractivity contribution in [2.75, 3.05) is 6.61 Å². The number of halogens is 1. The van der Waals surface area contributed by atoms with Crippen LogP contribution in [0.5, 0.6) is 0 Å². The van der Waals surface area contributed by atoms with Crippen LogP contribution in [-0.4, -0.2) is 44.1 Å². The summed E-state index contributed by atoms with van der Waals surface area (Å²) in [7, 11) is 0. The summed E-state index contributed by atoms with van der Waals surface area (Å²) in [6.07, 6.45) is -1.67. The third kappa shape index (κ3) is 2.67. The first-order valence-electron chi connectivity index (χ1n) is 4.33. The molecule has 1 aromatic rings. The van der Waals surface area contributed by atoms with E-state index >= 15 is 0 Å². The van der Waals surface area contributed by atoms with Gasteiger partial charge in [-0.05, 0) is 6.07 Å². The molecule has 0 amide bonds. The number of aromatic carboxylic acids is 1. The van der Waals surface area contributed by atoms with E-state index in [0.29, 0.717) is 0 Å². The molecular weight excluding hydrogens is 238 g/mol. The van der Waals surface area contributed by atoms with Crippen molar-refractivity contribution in [3.8, 4) is 0 Å². The fraction of sp³-hybridized carbons (Fsp3) is 0.333. The minimum Gasteiger partial charge on any atom is -0.478 e. The average Bonchev–Trinajstić information content (AvgIpc) is 2.27. The normalized spacial score (nSPS) is 14.5. The van der Waals surface area contributed by atoms with Gasteiger partial charge in [-0.15, -0.1) is 0 Å². The van der Waals surface area contributed by atoms with E-state index in [9.17, 15) is 15.0 Å². The van der Waals surface area contributed by atoms with Gasteiger partial charge in [0, 0.05) is 11.8 Å². The summed E-state index contributed by atoms with van der Waals surface area (Å²) in [6.45, 7) is -0.647. The van der Waals surface area contributed by atoms with Crippen LogP contribution in [0.4, 0.5) is 0 Å². The molecule has 0 fully saturated rings. The molecule has 1 heterocycles. The zero-order valence-electron chi connectivity index (χ0n) is 8.04. The maximum atomic E-state index is 10.7. The van der Waals surface area contributed by atoms with Gasteiger partial charge in [-0.2, -0.15) is 0 Å². The van der Waals surface area contributed by atoms with Gasteiger partial charge in [0.2, 0.25) is 0 Å². The number of carboxylic acids is 1. The van der Waals surface area contributed by atoms with Crippen molar-refractivity contribution in [1.82, 2.24) is 4.98 Å². The highest BCUT2D eigenvalue weighted by molar-refractivity contribution is 6.32. The van der Waals surface area contributed by atoms with Crippen molar-refractivity contribution in [1.29, 1.82) is 0 Å². The largest absolute Gasteiger partial charge is 0.478 e. The Balaban J connectivity index is 3.07. The Bertz CT molecular complexity index is 397. The van der Waals surface area contributed by atoms with Gasteiger partial charge in [-0.3, -0.25) is 0 Å². The molecule has 2 atom stereocenters. The van der Waals surface area contributed by atoms with Gasteiger partial charge >= 0.3 is 5.97 Å². The maximum absolute atomic E-state index is 10.7. The van der Waals surface area contributed by atoms with Crippen molar-refractivity contribution < 1.29 is 25.2 Å². The maximum Gasteiger partial charge on any atom is 0.338 e. The van der Waals surface area contributed by atoms with Crippen molar-refractivity contribution in [3.63, 3.8) is 0 Å². The molecule has 0 saturated heterocycles. The van der Waals surface area contributed by atoms with Crippen LogP contribution in [0.25, 0.3) is 0 Å². The molecule has 1 aromatic heterocycles. The molecule has 0 saturated carbocycles. The Morgan fingerprint density at radius 2 is 2.12 bits per heavy atom. The second-order valence-electron chi connectivity index (χ2n) is 3.11. The molecule has 0 aliphatic carbocycles. The Morgan fingerprint density at radius 3 is 2.62 bits per heavy atom. The molecule has 6 nitrogen and oxygen atoms in total. The van der Waals surface area contributed by atoms with Gasteiger partial charge in [-0.25, -0.2) is 9.78 Å². The van der Waals surface area contributed by atoms with Crippen LogP contribution in [0.15, 0.2) is 12.3 Å². The van der Waals surface area contributed by atoms with Crippen LogP contribution in [0.3, 0.4) is 0 Å². The lowest BCUT2D eigenvalue weighted by Crippen LogP contribution is -2.22. The number of aliphatic hydroxyl groups excluding tert-OH is 3. The molecule has 0 aliphatic rings. The smallest absolute Gasteiger partial charge is 0.338 e. The van der Waals surface area contributed by atoms with Crippen LogP contribution in [-0.2, 0) is 0 Å². The Kier molecular flexibility index (Phi) is 4.19. The first-order valence-corrected chi connectivity index (χ1v) is 4.71. The first-order chi connectivity index (χ1) is 7.47. The summed E-state index contributed by atoms with van der Waals surface area (Å²) in [4.78, 5) is 14.3. The molecule has 2 unspecified atom stereocenters. The molecule has 0 bridgehead atoms. The topological polar surface area (TPSA) is 111 Å². The number of pyridine rings is 1. The van der Waals surface area contributed by atoms with Crippen LogP contribution >= 0.6 is 11.6 Å². The van der Waals surface area contributed by atoms with E-state index in [4.69, 9.17) is 21.8 Å². The van der Waals surface area contributed by atoms with E-state index in [1.165, 1.54) is 0 Å². The molecule has 7 heteroatoms. The third-order valence-electron chi connectivity index (χ3n) is 1.98. The van der Waals surface area contributed by atoms with Gasteiger partial charge in [0.15, 0.2) is 0 Å². The van der Waals surface area contributed by atoms with E-state index in [2.05, 4.69) is 4.98 Å². The number of aromatic nitrogens is 1. The van der Waals surface area contributed by atoms with Crippen LogP contribution in [0.2, 0.25) is 5.15 Å². The van der Waals surface area contributed by atoms with Gasteiger partial charge in [-0.1, -0.05) is 11.6 Å². The number of carboxylic acid groups (broad SMARTS) is 1. The molecule has 0 spiro atoms. The number of rotatable bonds is 4. The predicted octanol–water partition coefficient (Wildman–Crippen LogP) is -0.180. The minimum atomic E-state index is -1.41. The Labute approximate surface area is 95.8 Å². The van der Waals surface area contributed by atoms with Crippen molar-refractivity contribution in [2.24, 2.45) is 0 Å². The van der Waals surface area contributed by atoms with Crippen LogP contribution in [0.1, 0.15) is 22.0 Å². The number of aliphatic hydroxyl groups is 3. The van der Waals surface area contributed by atoms with E-state index in [0.717, 1.165) is 12.3 Å². The van der Waals surface area contributed by atoms with E-state index < -0.39 is 24.8 Å². The monoisotopic (exact) mass is 247 g/mol. The van der Waals surface area contributed by atoms with Crippen LogP contribution in [0, 0.1) is 0 Å². The second kappa shape index (κ2) is 5.22. The van der Waals surface area contributed by atoms with Crippen LogP contribution < -0.4 is 0 Å². The van der Waals surface area contributed by atoms with Crippen molar-refractivity contribution in [3.05, 3.63) is 28.5 Å². The fourth-order valence-electron chi connectivity index (χ4n) is 1.10. The zero-order chi connectivity index (χ0) is 12.3. The van der Waals surface area contributed by atoms with Gasteiger partial charge in [0.25, 0.3) is 0 Å². The summed E-state index contributed by atoms with van der Waals surface area (Å²) in [5.41, 5.74) is -0.202. The molecule has 0 aliphatic heterocycles. The van der Waals surface area contributed by atoms with E-state index in [-0.39, 0.29) is 16.3 Å². The summed E-state index contributed by atoms with van der Waals surface area (Å²) in [5.74, 6) is -1.29. The van der Waals surface area contributed by atoms with Crippen molar-refractivity contribution >= 4 is 17.6 Å². The standard InChI is InChI=1S/C9H10ClNO5/c10-8-5(9(15)16)1-4(2-11-8)7(14)6(13)3-12/h1-2,6-7,12-14H,3H2,(H,15,16). The summed E-state index contributed by atoms with van der Waals surface area (Å²) in [6, 6.07) is 1.10. The average molecular weight is 248 g/mol. The van der Waals surface area contributed by atoms with Gasteiger partial charge < -0.3 is 20.4 Å². The molecule has 88 valence electrons. The highest BCUT2D eigenvalue weighted by Crippen LogP contribution is 2.21. The molecule has 0 radical (unpaired) electrons. The number of hydrogen-bond donors (Lipinski definition) is 4. The minimum absolute atomic E-state index is 0.0725. The molecule has 1 rings (SSSR count). The quantitative estimate of drug-likeness (QED) is 0.550. The molecule has 4 N–H and O–H groups in total. The predicted molar refractivity (Wildman–Crippen MR) is 54.3 cm³/mol. The zero-order valence-corrected chi connectivity index (χ0v) is 8.79. The van der Waals surface area contributed by atoms with E-state index in [1.807, 2.05) is 0 Å². The highest BCUT2D eigenvalue weighted by atomic mass is 35.5. The SMILES string of the molecule is O=C(O)c1cc(C(O)C(O)CO)cnc1Cl. The lowest BCUT2D eigenvalue weighted by molar-refractivity contribution is -0.0154. The first kappa shape index (κ1) is 12.9. The molecule has 16 heavy (non-hydrogen) atoms. The summed E-state index contributed by atoms with van der Waals surface area (Å²) in [5, 5.41) is 35.8. The fourth-order valence-corrected chi connectivity index (χ4v) is 1.28. The molecular formula is C9H10ClNO5. The van der Waals surface area contributed by atoms with Crippen molar-refractivity contribution in [2.45, 2.75) is 12.2 Å². The Morgan fingerprint density at radius 1 is 1.50 bits per heavy atom. The summed E-state index contributed by atoms with van der Waals surface area (Å²) >= 11 is 5.52. The van der Waals surface area contributed by atoms with Gasteiger partial charge in [0.1, 0.15) is 17.4 Å². The van der Waals surface area contributed by atoms with E-state index in [1.54, 1.807) is 0 Å². The van der Waals surface area contributed by atoms with Gasteiger partial charge in [0.05, 0.1) is 12.2 Å². The number of nitrogens with zero attached hydrogens (tertiary/aromatic N) is 1. The third-order valence-corrected chi connectivity index (χ3v) is 2.28. The lowest BCUT2D eigenvalue weighted by atomic mass is 10.1. The lowest BCUT2D eigenvalue weighted by Gasteiger charge is -2.15. The Hall–Kier alpha value is -1.21. The highest BCUT2D eigenvalue weighted by Gasteiger charge is 2.20.